The lowest BCUT2D eigenvalue weighted by molar-refractivity contribution is -0.255. The van der Waals surface area contributed by atoms with Crippen LogP contribution in [0.2, 0.25) is 0 Å². The number of hydrogen-bond acceptors (Lipinski definition) is 4. The lowest BCUT2D eigenvalue weighted by Gasteiger charge is -2.34. The second kappa shape index (κ2) is 5.95. The minimum Gasteiger partial charge on any atom is -0.545 e. The molecule has 1 fully saturated rings. The van der Waals surface area contributed by atoms with Gasteiger partial charge in [-0.15, -0.1) is 0 Å². The van der Waals surface area contributed by atoms with Gasteiger partial charge in [-0.05, 0) is 54.2 Å². The van der Waals surface area contributed by atoms with Crippen molar-refractivity contribution in [2.45, 2.75) is 18.8 Å². The number of hydrogen-bond donors (Lipinski definition) is 0. The van der Waals surface area contributed by atoms with Crippen LogP contribution >= 0.6 is 0 Å². The largest absolute Gasteiger partial charge is 0.545 e. The number of aromatic nitrogens is 1. The molecule has 108 valence electrons. The summed E-state index contributed by atoms with van der Waals surface area (Å²) in [6.07, 6.45) is 5.81. The maximum atomic E-state index is 10.9. The Morgan fingerprint density at radius 2 is 1.86 bits per heavy atom. The number of benzene rings is 1. The van der Waals surface area contributed by atoms with Gasteiger partial charge in [-0.3, -0.25) is 4.98 Å². The molecule has 2 heterocycles. The Balaban J connectivity index is 1.68. The van der Waals surface area contributed by atoms with Crippen molar-refractivity contribution >= 4 is 11.7 Å². The van der Waals surface area contributed by atoms with Crippen molar-refractivity contribution in [1.29, 1.82) is 0 Å². The summed E-state index contributed by atoms with van der Waals surface area (Å²) < 4.78 is 0. The minimum absolute atomic E-state index is 0.240. The zero-order valence-electron chi connectivity index (χ0n) is 11.7. The number of carboxylic acid groups (broad SMARTS) is 1. The number of rotatable bonds is 3. The van der Waals surface area contributed by atoms with Crippen LogP contribution in [0.1, 0.15) is 34.7 Å². The molecule has 1 saturated heterocycles. The number of aromatic carboxylic acids is 1. The lowest BCUT2D eigenvalue weighted by Crippen LogP contribution is -2.33. The van der Waals surface area contributed by atoms with Crippen molar-refractivity contribution in [3.8, 4) is 0 Å². The fourth-order valence-electron chi connectivity index (χ4n) is 2.94. The fraction of sp³-hybridized carbons (Fsp3) is 0.294. The molecular formula is C17H17N2O2-. The molecule has 1 aromatic carbocycles. The summed E-state index contributed by atoms with van der Waals surface area (Å²) in [7, 11) is 0. The molecule has 0 aliphatic carbocycles. The zero-order chi connectivity index (χ0) is 14.7. The van der Waals surface area contributed by atoms with Crippen LogP contribution in [0.4, 0.5) is 5.69 Å². The van der Waals surface area contributed by atoms with Crippen molar-refractivity contribution in [3.05, 3.63) is 59.9 Å². The molecule has 21 heavy (non-hydrogen) atoms. The predicted molar refractivity (Wildman–Crippen MR) is 79.2 cm³/mol. The standard InChI is InChI=1S/C17H18N2O2/c20-17(21)15-2-1-3-16(12-15)19-10-6-14(7-11-19)13-4-8-18-9-5-13/h1-5,8-9,12,14H,6-7,10-11H2,(H,20,21)/p-1. The molecule has 0 atom stereocenters. The van der Waals surface area contributed by atoms with Gasteiger partial charge in [-0.2, -0.15) is 0 Å². The fourth-order valence-corrected chi connectivity index (χ4v) is 2.94. The van der Waals surface area contributed by atoms with Gasteiger partial charge in [-0.25, -0.2) is 0 Å². The Kier molecular flexibility index (Phi) is 3.86. The molecule has 3 rings (SSSR count). The molecule has 0 unspecified atom stereocenters. The van der Waals surface area contributed by atoms with E-state index >= 15 is 0 Å². The van der Waals surface area contributed by atoms with Gasteiger partial charge in [0.1, 0.15) is 0 Å². The summed E-state index contributed by atoms with van der Waals surface area (Å²) in [5, 5.41) is 10.9. The van der Waals surface area contributed by atoms with Crippen LogP contribution in [-0.4, -0.2) is 24.0 Å². The normalized spacial score (nSPS) is 15.9. The third-order valence-corrected chi connectivity index (χ3v) is 4.12. The minimum atomic E-state index is -1.12. The van der Waals surface area contributed by atoms with Crippen LogP contribution in [0, 0.1) is 0 Å². The molecule has 0 N–H and O–H groups in total. The van der Waals surface area contributed by atoms with Crippen LogP contribution < -0.4 is 10.0 Å². The van der Waals surface area contributed by atoms with Gasteiger partial charge in [0, 0.05) is 31.2 Å². The molecule has 1 aliphatic heterocycles. The molecule has 4 nitrogen and oxygen atoms in total. The van der Waals surface area contributed by atoms with E-state index < -0.39 is 5.97 Å². The second-order valence-corrected chi connectivity index (χ2v) is 5.38. The van der Waals surface area contributed by atoms with E-state index in [9.17, 15) is 9.90 Å². The van der Waals surface area contributed by atoms with E-state index in [2.05, 4.69) is 22.0 Å². The predicted octanol–water partition coefficient (Wildman–Crippen LogP) is 1.83. The molecule has 0 amide bonds. The first kappa shape index (κ1) is 13.6. The highest BCUT2D eigenvalue weighted by atomic mass is 16.4. The molecule has 2 aromatic rings. The highest BCUT2D eigenvalue weighted by Crippen LogP contribution is 2.30. The SMILES string of the molecule is O=C([O-])c1cccc(N2CCC(c3ccncc3)CC2)c1. The molecule has 0 radical (unpaired) electrons. The van der Waals surface area contributed by atoms with Crippen molar-refractivity contribution in [3.63, 3.8) is 0 Å². The highest BCUT2D eigenvalue weighted by molar-refractivity contribution is 5.87. The molecule has 0 bridgehead atoms. The smallest absolute Gasteiger partial charge is 0.0716 e. The van der Waals surface area contributed by atoms with E-state index in [0.29, 0.717) is 5.92 Å². The monoisotopic (exact) mass is 281 g/mol. The van der Waals surface area contributed by atoms with E-state index in [1.165, 1.54) is 5.56 Å². The average Bonchev–Trinajstić information content (AvgIpc) is 2.56. The van der Waals surface area contributed by atoms with Gasteiger partial charge >= 0.3 is 0 Å². The quantitative estimate of drug-likeness (QED) is 0.861. The Labute approximate surface area is 124 Å². The summed E-state index contributed by atoms with van der Waals surface area (Å²) in [6, 6.07) is 11.2. The number of piperidine rings is 1. The first-order chi connectivity index (χ1) is 10.2. The van der Waals surface area contributed by atoms with Crippen molar-refractivity contribution in [2.75, 3.05) is 18.0 Å². The van der Waals surface area contributed by atoms with Crippen LogP contribution in [0.25, 0.3) is 0 Å². The van der Waals surface area contributed by atoms with Gasteiger partial charge in [0.05, 0.1) is 5.97 Å². The van der Waals surface area contributed by atoms with Crippen LogP contribution in [0.3, 0.4) is 0 Å². The highest BCUT2D eigenvalue weighted by Gasteiger charge is 2.20. The van der Waals surface area contributed by atoms with Gasteiger partial charge in [-0.1, -0.05) is 12.1 Å². The van der Waals surface area contributed by atoms with Crippen molar-refractivity contribution in [1.82, 2.24) is 4.98 Å². The van der Waals surface area contributed by atoms with Crippen LogP contribution in [-0.2, 0) is 0 Å². The third kappa shape index (κ3) is 3.05. The number of nitrogens with zero attached hydrogens (tertiary/aromatic N) is 2. The number of pyridine rings is 1. The maximum absolute atomic E-state index is 10.9. The summed E-state index contributed by atoms with van der Waals surface area (Å²) in [5.74, 6) is -0.558. The third-order valence-electron chi connectivity index (χ3n) is 4.12. The summed E-state index contributed by atoms with van der Waals surface area (Å²) in [6.45, 7) is 1.87. The Hall–Kier alpha value is -2.36. The molecule has 1 aromatic heterocycles. The average molecular weight is 281 g/mol. The van der Waals surface area contributed by atoms with Gasteiger partial charge < -0.3 is 14.8 Å². The Morgan fingerprint density at radius 1 is 1.14 bits per heavy atom. The first-order valence-corrected chi connectivity index (χ1v) is 7.20. The number of carbonyl (C=O) groups excluding carboxylic acids is 1. The molecule has 0 spiro atoms. The maximum Gasteiger partial charge on any atom is 0.0716 e. The number of carbonyl (C=O) groups is 1. The van der Waals surface area contributed by atoms with E-state index in [0.717, 1.165) is 31.6 Å². The number of anilines is 1. The molecular weight excluding hydrogens is 264 g/mol. The van der Waals surface area contributed by atoms with Crippen molar-refractivity contribution < 1.29 is 9.90 Å². The summed E-state index contributed by atoms with van der Waals surface area (Å²) in [4.78, 5) is 17.2. The number of carboxylic acids is 1. The van der Waals surface area contributed by atoms with Crippen molar-refractivity contribution in [2.24, 2.45) is 0 Å². The van der Waals surface area contributed by atoms with E-state index in [1.807, 2.05) is 18.5 Å². The second-order valence-electron chi connectivity index (χ2n) is 5.38. The van der Waals surface area contributed by atoms with Gasteiger partial charge in [0.2, 0.25) is 0 Å². The van der Waals surface area contributed by atoms with E-state index in [4.69, 9.17) is 0 Å². The van der Waals surface area contributed by atoms with Crippen LogP contribution in [0.5, 0.6) is 0 Å². The lowest BCUT2D eigenvalue weighted by atomic mass is 9.90. The molecule has 1 aliphatic rings. The zero-order valence-corrected chi connectivity index (χ0v) is 11.7. The van der Waals surface area contributed by atoms with Crippen LogP contribution in [0.15, 0.2) is 48.8 Å². The Bertz CT molecular complexity index is 620. The Morgan fingerprint density at radius 3 is 2.52 bits per heavy atom. The van der Waals surface area contributed by atoms with Gasteiger partial charge in [0.15, 0.2) is 0 Å². The molecule has 0 saturated carbocycles. The molecule has 4 heteroatoms. The first-order valence-electron chi connectivity index (χ1n) is 7.20. The van der Waals surface area contributed by atoms with E-state index in [1.54, 1.807) is 18.2 Å². The van der Waals surface area contributed by atoms with E-state index in [-0.39, 0.29) is 5.56 Å². The van der Waals surface area contributed by atoms with Gasteiger partial charge in [0.25, 0.3) is 0 Å². The summed E-state index contributed by atoms with van der Waals surface area (Å²) in [5.41, 5.74) is 2.54. The topological polar surface area (TPSA) is 56.3 Å². The summed E-state index contributed by atoms with van der Waals surface area (Å²) >= 11 is 0.